The van der Waals surface area contributed by atoms with Gasteiger partial charge in [0, 0.05) is 25.0 Å². The van der Waals surface area contributed by atoms with Gasteiger partial charge >= 0.3 is 0 Å². The molecule has 4 nitrogen and oxygen atoms in total. The Bertz CT molecular complexity index is 871. The van der Waals surface area contributed by atoms with Gasteiger partial charge in [0.25, 0.3) is 8.32 Å². The van der Waals surface area contributed by atoms with E-state index in [0.29, 0.717) is 13.2 Å². The first kappa shape index (κ1) is 24.4. The van der Waals surface area contributed by atoms with Crippen LogP contribution < -0.4 is 10.4 Å². The fraction of sp³-hybridized carbons (Fsp3) is 0.500. The lowest BCUT2D eigenvalue weighted by atomic mass is 9.67. The van der Waals surface area contributed by atoms with Crippen molar-refractivity contribution in [3.8, 4) is 0 Å². The first-order chi connectivity index (χ1) is 15.8. The molecule has 0 unspecified atom stereocenters. The van der Waals surface area contributed by atoms with E-state index in [1.807, 2.05) is 13.0 Å². The largest absolute Gasteiger partial charge is 0.407 e. The van der Waals surface area contributed by atoms with Crippen LogP contribution in [0, 0.1) is 17.8 Å². The lowest BCUT2D eigenvalue weighted by molar-refractivity contribution is -0.306. The summed E-state index contributed by atoms with van der Waals surface area (Å²) in [5, 5.41) is 13.6. The molecule has 5 heteroatoms. The van der Waals surface area contributed by atoms with Gasteiger partial charge in [0.15, 0.2) is 6.29 Å². The van der Waals surface area contributed by atoms with Crippen molar-refractivity contribution < 1.29 is 19.0 Å². The van der Waals surface area contributed by atoms with Gasteiger partial charge in [0.2, 0.25) is 0 Å². The Balaban J connectivity index is 1.74. The minimum absolute atomic E-state index is 0.0284. The van der Waals surface area contributed by atoms with Crippen LogP contribution in [0.2, 0.25) is 5.04 Å². The van der Waals surface area contributed by atoms with Crippen LogP contribution in [0.1, 0.15) is 34.1 Å². The Kier molecular flexibility index (Phi) is 7.27. The number of benzene rings is 2. The number of hydrogen-bond donors (Lipinski definition) is 1. The van der Waals surface area contributed by atoms with Crippen molar-refractivity contribution in [3.05, 3.63) is 73.3 Å². The molecular formula is C28H38O4Si. The molecule has 2 bridgehead atoms. The Hall–Kier alpha value is -1.76. The molecule has 1 N–H and O–H groups in total. The Morgan fingerprint density at radius 1 is 1.06 bits per heavy atom. The molecule has 2 heterocycles. The maximum Gasteiger partial charge on any atom is 0.261 e. The van der Waals surface area contributed by atoms with Gasteiger partial charge in [0.05, 0.1) is 12.2 Å². The first-order valence-corrected chi connectivity index (χ1v) is 14.1. The molecule has 3 fully saturated rings. The lowest BCUT2D eigenvalue weighted by Crippen LogP contribution is -2.68. The standard InChI is InChI=1S/C28H38O4Si/c1-6-20-18-24-26(29)23(25(20)27(32-24)30-7-2)19-31-33(28(3,4)5,21-14-10-8-11-15-21)22-16-12-9-13-17-22/h6,8-17,20,23-27,29H,1,7,18-19H2,2-5H3/t20-,23-,24+,25-,26+,27-/m0/s1. The fourth-order valence-corrected chi connectivity index (χ4v) is 10.5. The predicted octanol–water partition coefficient (Wildman–Crippen LogP) is 4.12. The molecule has 2 saturated heterocycles. The summed E-state index contributed by atoms with van der Waals surface area (Å²) in [5.41, 5.74) is 0. The number of aliphatic hydroxyl groups is 1. The highest BCUT2D eigenvalue weighted by Crippen LogP contribution is 2.47. The third kappa shape index (κ3) is 4.37. The van der Waals surface area contributed by atoms with E-state index < -0.39 is 14.4 Å². The summed E-state index contributed by atoms with van der Waals surface area (Å²) in [5.74, 6) is 0.204. The minimum atomic E-state index is -2.68. The summed E-state index contributed by atoms with van der Waals surface area (Å²) < 4.78 is 19.3. The van der Waals surface area contributed by atoms with E-state index in [1.165, 1.54) is 10.4 Å². The van der Waals surface area contributed by atoms with Gasteiger partial charge in [-0.2, -0.15) is 0 Å². The molecule has 0 aromatic heterocycles. The number of rotatable bonds is 8. The molecule has 1 aliphatic carbocycles. The molecule has 0 spiro atoms. The summed E-state index contributed by atoms with van der Waals surface area (Å²) in [7, 11) is -2.68. The van der Waals surface area contributed by atoms with Gasteiger partial charge in [-0.05, 0) is 34.7 Å². The van der Waals surface area contributed by atoms with Crippen LogP contribution in [0.5, 0.6) is 0 Å². The molecular weight excluding hydrogens is 428 g/mol. The average Bonchev–Trinajstić information content (AvgIpc) is 2.82. The van der Waals surface area contributed by atoms with Crippen molar-refractivity contribution >= 4 is 18.7 Å². The van der Waals surface area contributed by atoms with E-state index >= 15 is 0 Å². The van der Waals surface area contributed by atoms with Gasteiger partial charge in [-0.3, -0.25) is 0 Å². The molecule has 2 aliphatic heterocycles. The van der Waals surface area contributed by atoms with E-state index in [-0.39, 0.29) is 35.2 Å². The molecule has 1 saturated carbocycles. The van der Waals surface area contributed by atoms with Gasteiger partial charge in [-0.15, -0.1) is 6.58 Å². The summed E-state index contributed by atoms with van der Waals surface area (Å²) in [4.78, 5) is 0. The van der Waals surface area contributed by atoms with Crippen molar-refractivity contribution in [2.24, 2.45) is 17.8 Å². The monoisotopic (exact) mass is 466 g/mol. The minimum Gasteiger partial charge on any atom is -0.407 e. The van der Waals surface area contributed by atoms with Gasteiger partial charge < -0.3 is 19.0 Å². The van der Waals surface area contributed by atoms with Crippen molar-refractivity contribution in [1.82, 2.24) is 0 Å². The second-order valence-corrected chi connectivity index (χ2v) is 14.6. The lowest BCUT2D eigenvalue weighted by Gasteiger charge is -2.54. The number of fused-ring (bicyclic) bond motifs is 3. The summed E-state index contributed by atoms with van der Waals surface area (Å²) in [6, 6.07) is 21.3. The normalized spacial score (nSPS) is 29.7. The van der Waals surface area contributed by atoms with Crippen molar-refractivity contribution in [1.29, 1.82) is 0 Å². The van der Waals surface area contributed by atoms with Crippen LogP contribution in [-0.2, 0) is 13.9 Å². The molecule has 6 atom stereocenters. The van der Waals surface area contributed by atoms with E-state index in [2.05, 4.69) is 88.0 Å². The Morgan fingerprint density at radius 2 is 1.64 bits per heavy atom. The van der Waals surface area contributed by atoms with Crippen LogP contribution in [0.4, 0.5) is 0 Å². The fourth-order valence-electron chi connectivity index (χ4n) is 5.95. The molecule has 3 aliphatic rings. The van der Waals surface area contributed by atoms with Crippen LogP contribution in [0.15, 0.2) is 73.3 Å². The Morgan fingerprint density at radius 3 is 2.12 bits per heavy atom. The smallest absolute Gasteiger partial charge is 0.261 e. The van der Waals surface area contributed by atoms with E-state index in [9.17, 15) is 5.11 Å². The maximum atomic E-state index is 11.2. The number of allylic oxidation sites excluding steroid dienone is 1. The topological polar surface area (TPSA) is 47.9 Å². The van der Waals surface area contributed by atoms with E-state index in [1.54, 1.807) is 0 Å². The van der Waals surface area contributed by atoms with E-state index in [0.717, 1.165) is 6.42 Å². The zero-order valence-electron chi connectivity index (χ0n) is 20.3. The van der Waals surface area contributed by atoms with Crippen molar-refractivity contribution in [3.63, 3.8) is 0 Å². The molecule has 5 rings (SSSR count). The number of hydrogen-bond acceptors (Lipinski definition) is 4. The molecule has 0 radical (unpaired) electrons. The predicted molar refractivity (Wildman–Crippen MR) is 135 cm³/mol. The highest BCUT2D eigenvalue weighted by molar-refractivity contribution is 6.99. The quantitative estimate of drug-likeness (QED) is 0.470. The molecule has 2 aromatic rings. The zero-order valence-corrected chi connectivity index (χ0v) is 21.3. The highest BCUT2D eigenvalue weighted by atomic mass is 28.4. The molecule has 178 valence electrons. The number of ether oxygens (including phenoxy) is 2. The molecule has 33 heavy (non-hydrogen) atoms. The van der Waals surface area contributed by atoms with Gasteiger partial charge in [-0.1, -0.05) is 87.5 Å². The third-order valence-corrected chi connectivity index (χ3v) is 12.5. The zero-order chi connectivity index (χ0) is 23.6. The van der Waals surface area contributed by atoms with Gasteiger partial charge in [-0.25, -0.2) is 0 Å². The second-order valence-electron chi connectivity index (χ2n) is 10.3. The van der Waals surface area contributed by atoms with Crippen molar-refractivity contribution in [2.45, 2.75) is 57.7 Å². The molecule has 2 aromatic carbocycles. The summed E-state index contributed by atoms with van der Waals surface area (Å²) in [6.07, 6.45) is 1.65. The first-order valence-electron chi connectivity index (χ1n) is 12.2. The average molecular weight is 467 g/mol. The summed E-state index contributed by atoms with van der Waals surface area (Å²) in [6.45, 7) is 13.9. The van der Waals surface area contributed by atoms with Crippen LogP contribution >= 0.6 is 0 Å². The van der Waals surface area contributed by atoms with Gasteiger partial charge in [0.1, 0.15) is 0 Å². The van der Waals surface area contributed by atoms with Crippen LogP contribution in [0.3, 0.4) is 0 Å². The van der Waals surface area contributed by atoms with Crippen LogP contribution in [-0.4, -0.2) is 45.1 Å². The Labute approximate surface area is 199 Å². The van der Waals surface area contributed by atoms with E-state index in [4.69, 9.17) is 13.9 Å². The number of aliphatic hydroxyl groups excluding tert-OH is 1. The second kappa shape index (κ2) is 9.85. The molecule has 0 amide bonds. The SMILES string of the molecule is C=C[C@H]1C[C@H]2O[C@H](OCC)[C@@H]1[C@H](CO[Si](c1ccccc1)(c1ccccc1)C(C)(C)C)[C@H]2O. The maximum absolute atomic E-state index is 11.2. The van der Waals surface area contributed by atoms with Crippen LogP contribution in [0.25, 0.3) is 0 Å². The summed E-state index contributed by atoms with van der Waals surface area (Å²) >= 11 is 0. The highest BCUT2D eigenvalue weighted by Gasteiger charge is 2.56. The van der Waals surface area contributed by atoms with Crippen molar-refractivity contribution in [2.75, 3.05) is 13.2 Å². The third-order valence-electron chi connectivity index (χ3n) is 7.48.